The number of primary sulfonamides is 1. The summed E-state index contributed by atoms with van der Waals surface area (Å²) in [6, 6.07) is 25.1. The van der Waals surface area contributed by atoms with Crippen LogP contribution in [0.15, 0.2) is 94.2 Å². The lowest BCUT2D eigenvalue weighted by atomic mass is 10.1. The summed E-state index contributed by atoms with van der Waals surface area (Å²) in [5.74, 6) is 0.943. The van der Waals surface area contributed by atoms with Crippen molar-refractivity contribution in [3.63, 3.8) is 0 Å². The molecule has 9 heteroatoms. The topological polar surface area (TPSA) is 116 Å². The Morgan fingerprint density at radius 2 is 1.57 bits per heavy atom. The van der Waals surface area contributed by atoms with Gasteiger partial charge in [0.1, 0.15) is 12.3 Å². The molecule has 0 radical (unpaired) electrons. The number of hydrogen-bond donors (Lipinski definition) is 1. The van der Waals surface area contributed by atoms with Gasteiger partial charge >= 0.3 is 6.09 Å². The SMILES string of the molecule is CN(CCc1nc(-c2ccccc2)c(-c2ccc(S(N)(=O)=O)cc2)o1)C(=O)OCc1ccccc1. The summed E-state index contributed by atoms with van der Waals surface area (Å²) >= 11 is 0. The van der Waals surface area contributed by atoms with Gasteiger partial charge < -0.3 is 14.1 Å². The number of carbonyl (C=O) groups is 1. The zero-order chi connectivity index (χ0) is 24.8. The molecule has 0 fully saturated rings. The number of hydrogen-bond acceptors (Lipinski definition) is 6. The Kier molecular flexibility index (Phi) is 7.28. The van der Waals surface area contributed by atoms with Crippen LogP contribution in [-0.4, -0.2) is 38.0 Å². The summed E-state index contributed by atoms with van der Waals surface area (Å²) in [5, 5.41) is 5.21. The predicted octanol–water partition coefficient (Wildman–Crippen LogP) is 4.47. The van der Waals surface area contributed by atoms with Crippen molar-refractivity contribution in [2.24, 2.45) is 5.14 Å². The Balaban J connectivity index is 1.50. The van der Waals surface area contributed by atoms with Crippen molar-refractivity contribution in [2.75, 3.05) is 13.6 Å². The number of sulfonamides is 1. The number of oxazole rings is 1. The standard InChI is InChI=1S/C26H25N3O5S/c1-29(26(30)33-18-19-8-4-2-5-9-19)17-16-23-28-24(20-10-6-3-7-11-20)25(34-23)21-12-14-22(15-13-21)35(27,31)32/h2-15H,16-18H2,1H3,(H2,27,31,32). The second-order valence-corrected chi connectivity index (χ2v) is 9.49. The smallest absolute Gasteiger partial charge is 0.409 e. The van der Waals surface area contributed by atoms with E-state index in [0.29, 0.717) is 35.9 Å². The van der Waals surface area contributed by atoms with Crippen LogP contribution in [0.25, 0.3) is 22.6 Å². The Bertz CT molecular complexity index is 1390. The molecule has 180 valence electrons. The minimum atomic E-state index is -3.80. The van der Waals surface area contributed by atoms with E-state index in [-0.39, 0.29) is 11.5 Å². The molecule has 0 saturated carbocycles. The fourth-order valence-electron chi connectivity index (χ4n) is 3.44. The van der Waals surface area contributed by atoms with E-state index in [9.17, 15) is 13.2 Å². The van der Waals surface area contributed by atoms with Gasteiger partial charge in [-0.2, -0.15) is 0 Å². The van der Waals surface area contributed by atoms with E-state index in [4.69, 9.17) is 14.3 Å². The molecule has 2 N–H and O–H groups in total. The number of likely N-dealkylation sites (N-methyl/N-ethyl adjacent to an activating group) is 1. The Morgan fingerprint density at radius 1 is 0.943 bits per heavy atom. The van der Waals surface area contributed by atoms with Gasteiger partial charge in [-0.15, -0.1) is 0 Å². The molecule has 1 aromatic heterocycles. The number of carbonyl (C=O) groups excluding carboxylic acids is 1. The van der Waals surface area contributed by atoms with Gasteiger partial charge in [0.05, 0.1) is 4.90 Å². The van der Waals surface area contributed by atoms with Gasteiger partial charge in [0.25, 0.3) is 0 Å². The summed E-state index contributed by atoms with van der Waals surface area (Å²) in [6.45, 7) is 0.534. The Morgan fingerprint density at radius 3 is 2.20 bits per heavy atom. The molecule has 1 amide bonds. The first-order valence-corrected chi connectivity index (χ1v) is 12.5. The molecule has 0 bridgehead atoms. The van der Waals surface area contributed by atoms with E-state index in [2.05, 4.69) is 4.98 Å². The molecule has 8 nitrogen and oxygen atoms in total. The van der Waals surface area contributed by atoms with Crippen molar-refractivity contribution in [3.05, 3.63) is 96.4 Å². The van der Waals surface area contributed by atoms with Crippen LogP contribution in [0.5, 0.6) is 0 Å². The highest BCUT2D eigenvalue weighted by atomic mass is 32.2. The number of aromatic nitrogens is 1. The average Bonchev–Trinajstić information content (AvgIpc) is 3.31. The minimum absolute atomic E-state index is 0.0119. The third-order valence-corrected chi connectivity index (χ3v) is 6.27. The number of rotatable bonds is 8. The maximum Gasteiger partial charge on any atom is 0.409 e. The fraction of sp³-hybridized carbons (Fsp3) is 0.154. The van der Waals surface area contributed by atoms with Crippen LogP contribution in [0.2, 0.25) is 0 Å². The molecule has 0 aliphatic heterocycles. The van der Waals surface area contributed by atoms with Crippen molar-refractivity contribution >= 4 is 16.1 Å². The zero-order valence-corrected chi connectivity index (χ0v) is 19.9. The predicted molar refractivity (Wildman–Crippen MR) is 132 cm³/mol. The number of ether oxygens (including phenoxy) is 1. The largest absolute Gasteiger partial charge is 0.445 e. The van der Waals surface area contributed by atoms with Crippen LogP contribution < -0.4 is 5.14 Å². The normalized spacial score (nSPS) is 11.3. The fourth-order valence-corrected chi connectivity index (χ4v) is 3.95. The van der Waals surface area contributed by atoms with Gasteiger partial charge in [0.2, 0.25) is 10.0 Å². The summed E-state index contributed by atoms with van der Waals surface area (Å²) in [5.41, 5.74) is 3.04. The van der Waals surface area contributed by atoms with Crippen LogP contribution in [0, 0.1) is 0 Å². The van der Waals surface area contributed by atoms with Crippen molar-refractivity contribution in [3.8, 4) is 22.6 Å². The van der Waals surface area contributed by atoms with Crippen LogP contribution in [0.4, 0.5) is 4.79 Å². The number of benzene rings is 3. The van der Waals surface area contributed by atoms with Crippen LogP contribution in [0.3, 0.4) is 0 Å². The van der Waals surface area contributed by atoms with E-state index in [1.807, 2.05) is 60.7 Å². The van der Waals surface area contributed by atoms with Crippen molar-refractivity contribution in [2.45, 2.75) is 17.9 Å². The maximum atomic E-state index is 12.4. The first-order chi connectivity index (χ1) is 16.8. The Labute approximate surface area is 204 Å². The summed E-state index contributed by atoms with van der Waals surface area (Å²) in [7, 11) is -2.15. The molecule has 0 atom stereocenters. The molecule has 35 heavy (non-hydrogen) atoms. The van der Waals surface area contributed by atoms with E-state index in [1.165, 1.54) is 17.0 Å². The Hall–Kier alpha value is -3.95. The number of amides is 1. The maximum absolute atomic E-state index is 12.4. The first-order valence-electron chi connectivity index (χ1n) is 10.9. The molecule has 3 aromatic carbocycles. The van der Waals surface area contributed by atoms with Crippen molar-refractivity contribution < 1.29 is 22.4 Å². The van der Waals surface area contributed by atoms with Crippen molar-refractivity contribution in [1.29, 1.82) is 0 Å². The quantitative estimate of drug-likeness (QED) is 0.389. The monoisotopic (exact) mass is 491 g/mol. The van der Waals surface area contributed by atoms with Crippen molar-refractivity contribution in [1.82, 2.24) is 9.88 Å². The van der Waals surface area contributed by atoms with Gasteiger partial charge in [-0.25, -0.2) is 23.3 Å². The first kappa shape index (κ1) is 24.2. The third kappa shape index (κ3) is 6.14. The van der Waals surface area contributed by atoms with Gasteiger partial charge in [0, 0.05) is 31.1 Å². The van der Waals surface area contributed by atoms with Gasteiger partial charge in [-0.3, -0.25) is 0 Å². The highest BCUT2D eigenvalue weighted by Crippen LogP contribution is 2.33. The lowest BCUT2D eigenvalue weighted by molar-refractivity contribution is 0.104. The van der Waals surface area contributed by atoms with Crippen LogP contribution in [0.1, 0.15) is 11.5 Å². The summed E-state index contributed by atoms with van der Waals surface area (Å²) in [6.07, 6.45) is -0.0750. The number of nitrogens with zero attached hydrogens (tertiary/aromatic N) is 2. The van der Waals surface area contributed by atoms with Crippen LogP contribution >= 0.6 is 0 Å². The summed E-state index contributed by atoms with van der Waals surface area (Å²) in [4.78, 5) is 18.5. The molecule has 1 heterocycles. The molecule has 0 unspecified atom stereocenters. The van der Waals surface area contributed by atoms with E-state index < -0.39 is 16.1 Å². The zero-order valence-electron chi connectivity index (χ0n) is 19.1. The lowest BCUT2D eigenvalue weighted by Crippen LogP contribution is -2.29. The molecule has 0 aliphatic rings. The van der Waals surface area contributed by atoms with Gasteiger partial charge in [-0.05, 0) is 29.8 Å². The second-order valence-electron chi connectivity index (χ2n) is 7.93. The average molecular weight is 492 g/mol. The molecule has 0 aliphatic carbocycles. The minimum Gasteiger partial charge on any atom is -0.445 e. The third-order valence-electron chi connectivity index (χ3n) is 5.34. The highest BCUT2D eigenvalue weighted by molar-refractivity contribution is 7.89. The van der Waals surface area contributed by atoms with E-state index in [1.54, 1.807) is 19.2 Å². The number of nitrogens with two attached hydrogens (primary N) is 1. The molecular formula is C26H25N3O5S. The lowest BCUT2D eigenvalue weighted by Gasteiger charge is -2.16. The second kappa shape index (κ2) is 10.5. The van der Waals surface area contributed by atoms with E-state index >= 15 is 0 Å². The summed E-state index contributed by atoms with van der Waals surface area (Å²) < 4.78 is 34.6. The highest BCUT2D eigenvalue weighted by Gasteiger charge is 2.19. The van der Waals surface area contributed by atoms with Gasteiger partial charge in [-0.1, -0.05) is 60.7 Å². The molecule has 0 saturated heterocycles. The molecular weight excluding hydrogens is 466 g/mol. The van der Waals surface area contributed by atoms with Gasteiger partial charge in [0.15, 0.2) is 11.7 Å². The molecule has 4 aromatic rings. The van der Waals surface area contributed by atoms with Crippen LogP contribution in [-0.2, 0) is 27.8 Å². The molecule has 0 spiro atoms. The van der Waals surface area contributed by atoms with E-state index in [0.717, 1.165) is 11.1 Å². The molecule has 4 rings (SSSR count).